The van der Waals surface area contributed by atoms with Gasteiger partial charge in [0.1, 0.15) is 0 Å². The van der Waals surface area contributed by atoms with Gasteiger partial charge in [-0.25, -0.2) is 8.42 Å². The van der Waals surface area contributed by atoms with Crippen LogP contribution in [-0.2, 0) is 10.1 Å². The summed E-state index contributed by atoms with van der Waals surface area (Å²) in [6, 6.07) is 0. The number of alkyl halides is 11. The van der Waals surface area contributed by atoms with Crippen LogP contribution in [0.5, 0.6) is 0 Å². The first-order chi connectivity index (χ1) is 8.25. The predicted molar refractivity (Wildman–Crippen MR) is 35.5 cm³/mol. The van der Waals surface area contributed by atoms with Crippen LogP contribution in [-0.4, -0.2) is 42.2 Å². The molecule has 21 heavy (non-hydrogen) atoms. The molecule has 122 valence electrons. The zero-order valence-electron chi connectivity index (χ0n) is 9.29. The fraction of sp³-hybridized carbons (Fsp3) is 1.00. The quantitative estimate of drug-likeness (QED) is 0.383. The van der Waals surface area contributed by atoms with Gasteiger partial charge in [-0.05, 0) is 0 Å². The van der Waals surface area contributed by atoms with Gasteiger partial charge >= 0.3 is 58.8 Å². The number of rotatable bonds is 4. The fourth-order valence-electron chi connectivity index (χ4n) is 0.715. The van der Waals surface area contributed by atoms with Gasteiger partial charge in [0.15, 0.2) is 10.1 Å². The summed E-state index contributed by atoms with van der Waals surface area (Å²) in [7, 11) is -7.66. The van der Waals surface area contributed by atoms with E-state index in [0.717, 1.165) is 0 Å². The minimum absolute atomic E-state index is 0. The molecule has 0 saturated carbocycles. The van der Waals surface area contributed by atoms with Gasteiger partial charge in [-0.15, -0.1) is 0 Å². The van der Waals surface area contributed by atoms with Crippen molar-refractivity contribution in [3.05, 3.63) is 0 Å². The Bertz CT molecular complexity index is 481. The van der Waals surface area contributed by atoms with Crippen molar-refractivity contribution >= 4 is 10.1 Å². The van der Waals surface area contributed by atoms with Crippen LogP contribution in [0.1, 0.15) is 0 Å². The minimum atomic E-state index is -7.90. The third kappa shape index (κ3) is 3.25. The van der Waals surface area contributed by atoms with Gasteiger partial charge in [-0.3, -0.25) is 0 Å². The molecule has 3 nitrogen and oxygen atoms in total. The third-order valence-electron chi connectivity index (χ3n) is 1.82. The van der Waals surface area contributed by atoms with E-state index in [0.29, 0.717) is 0 Å². The van der Waals surface area contributed by atoms with Crippen LogP contribution in [0.3, 0.4) is 0 Å². The Kier molecular flexibility index (Phi) is 6.30. The summed E-state index contributed by atoms with van der Waals surface area (Å²) >= 11 is 0. The van der Waals surface area contributed by atoms with Gasteiger partial charge in [-0.2, -0.15) is 48.3 Å². The summed E-state index contributed by atoms with van der Waals surface area (Å²) in [5, 5.41) is -7.40. The van der Waals surface area contributed by atoms with E-state index in [-0.39, 0.29) is 29.6 Å². The van der Waals surface area contributed by atoms with Crippen LogP contribution in [0.15, 0.2) is 0 Å². The first-order valence-corrected chi connectivity index (χ1v) is 5.19. The van der Waals surface area contributed by atoms with Crippen molar-refractivity contribution in [1.29, 1.82) is 0 Å². The molecule has 0 spiro atoms. The average molecular weight is 372 g/mol. The standard InChI is InChI=1S/C5HF11O3S.Na/c6-1(7,2(8,9)4(12,13)14)3(10,11)5(15,16)20(17,18)19;/h(H,17,18,19);/q;+1/p-1. The summed E-state index contributed by atoms with van der Waals surface area (Å²) in [6.07, 6.45) is -7.41. The molecule has 0 aliphatic heterocycles. The topological polar surface area (TPSA) is 57.2 Å². The maximum atomic E-state index is 12.4. The Hall–Kier alpha value is 0.140. The summed E-state index contributed by atoms with van der Waals surface area (Å²) < 4.78 is 162. The molecule has 0 rings (SSSR count). The number of hydrogen-bond acceptors (Lipinski definition) is 3. The molecular formula is C5F11NaO3S. The molecule has 0 N–H and O–H groups in total. The molecule has 0 unspecified atom stereocenters. The Balaban J connectivity index is 0. The third-order valence-corrected chi connectivity index (χ3v) is 2.71. The number of hydrogen-bond donors (Lipinski definition) is 0. The van der Waals surface area contributed by atoms with Crippen LogP contribution >= 0.6 is 0 Å². The molecular weight excluding hydrogens is 372 g/mol. The van der Waals surface area contributed by atoms with Gasteiger partial charge < -0.3 is 4.55 Å². The van der Waals surface area contributed by atoms with Crippen LogP contribution in [0.2, 0.25) is 0 Å². The van der Waals surface area contributed by atoms with E-state index in [9.17, 15) is 61.3 Å². The van der Waals surface area contributed by atoms with Gasteiger partial charge in [0.2, 0.25) is 0 Å². The molecule has 0 bridgehead atoms. The van der Waals surface area contributed by atoms with Crippen molar-refractivity contribution in [3.8, 4) is 0 Å². The van der Waals surface area contributed by atoms with E-state index in [1.807, 2.05) is 0 Å². The minimum Gasteiger partial charge on any atom is -0.743 e. The zero-order chi connectivity index (χ0) is 17.0. The normalized spacial score (nSPS) is 15.6. The second-order valence-corrected chi connectivity index (χ2v) is 4.61. The zero-order valence-corrected chi connectivity index (χ0v) is 12.1. The van der Waals surface area contributed by atoms with E-state index in [2.05, 4.69) is 0 Å². The van der Waals surface area contributed by atoms with E-state index < -0.39 is 39.3 Å². The molecule has 0 aromatic heterocycles. The molecule has 0 saturated heterocycles. The maximum Gasteiger partial charge on any atom is 1.00 e. The monoisotopic (exact) mass is 372 g/mol. The molecule has 0 fully saturated rings. The van der Waals surface area contributed by atoms with Gasteiger partial charge in [0.05, 0.1) is 0 Å². The molecule has 0 aliphatic rings. The molecule has 0 aromatic rings. The van der Waals surface area contributed by atoms with Crippen molar-refractivity contribution in [2.24, 2.45) is 0 Å². The van der Waals surface area contributed by atoms with Crippen molar-refractivity contribution < 1.29 is 90.8 Å². The summed E-state index contributed by atoms with van der Waals surface area (Å²) in [5.41, 5.74) is 0. The largest absolute Gasteiger partial charge is 1.00 e. The van der Waals surface area contributed by atoms with Gasteiger partial charge in [0, 0.05) is 0 Å². The Labute approximate surface area is 130 Å². The molecule has 0 heterocycles. The summed E-state index contributed by atoms with van der Waals surface area (Å²) in [5.74, 6) is -23.4. The summed E-state index contributed by atoms with van der Waals surface area (Å²) in [6.45, 7) is 0. The molecule has 16 heteroatoms. The van der Waals surface area contributed by atoms with Crippen LogP contribution in [0.25, 0.3) is 0 Å². The Morgan fingerprint density at radius 3 is 1.10 bits per heavy atom. The molecule has 0 atom stereocenters. The van der Waals surface area contributed by atoms with Crippen molar-refractivity contribution in [3.63, 3.8) is 0 Å². The predicted octanol–water partition coefficient (Wildman–Crippen LogP) is -0.403. The van der Waals surface area contributed by atoms with Crippen LogP contribution < -0.4 is 29.6 Å². The van der Waals surface area contributed by atoms with Crippen molar-refractivity contribution in [2.45, 2.75) is 29.2 Å². The van der Waals surface area contributed by atoms with Crippen LogP contribution in [0, 0.1) is 0 Å². The SMILES string of the molecule is O=S(=O)([O-])C(F)(F)C(F)(F)C(F)(F)C(F)(F)C(F)(F)F.[Na+]. The first-order valence-electron chi connectivity index (χ1n) is 3.78. The summed E-state index contributed by atoms with van der Waals surface area (Å²) in [4.78, 5) is 0. The second-order valence-electron chi connectivity index (χ2n) is 3.19. The van der Waals surface area contributed by atoms with E-state index >= 15 is 0 Å². The second kappa shape index (κ2) is 5.65. The molecule has 0 aliphatic carbocycles. The Morgan fingerprint density at radius 1 is 0.619 bits per heavy atom. The average Bonchev–Trinajstić information content (AvgIpc) is 2.12. The van der Waals surface area contributed by atoms with Crippen molar-refractivity contribution in [1.82, 2.24) is 0 Å². The van der Waals surface area contributed by atoms with E-state index in [1.165, 1.54) is 0 Å². The number of halogens is 11. The first kappa shape index (κ1) is 23.4. The van der Waals surface area contributed by atoms with E-state index in [4.69, 9.17) is 0 Å². The molecule has 0 amide bonds. The van der Waals surface area contributed by atoms with Crippen molar-refractivity contribution in [2.75, 3.05) is 0 Å². The Morgan fingerprint density at radius 2 is 0.905 bits per heavy atom. The fourth-order valence-corrected chi connectivity index (χ4v) is 1.16. The van der Waals surface area contributed by atoms with Gasteiger partial charge in [-0.1, -0.05) is 0 Å². The van der Waals surface area contributed by atoms with Crippen LogP contribution in [0.4, 0.5) is 48.3 Å². The molecule has 0 aromatic carbocycles. The smallest absolute Gasteiger partial charge is 0.743 e. The van der Waals surface area contributed by atoms with Gasteiger partial charge in [0.25, 0.3) is 0 Å². The van der Waals surface area contributed by atoms with E-state index in [1.54, 1.807) is 0 Å². The molecule has 0 radical (unpaired) electrons. The maximum absolute atomic E-state index is 12.4.